The fourth-order valence-corrected chi connectivity index (χ4v) is 2.96. The maximum Gasteiger partial charge on any atom is 0.249 e. The largest absolute Gasteiger partial charge is 0.448 e. The van der Waals surface area contributed by atoms with Gasteiger partial charge < -0.3 is 20.5 Å². The van der Waals surface area contributed by atoms with E-state index in [-0.39, 0.29) is 12.3 Å². The van der Waals surface area contributed by atoms with Crippen LogP contribution in [0.5, 0.6) is 0 Å². The molecule has 0 radical (unpaired) electrons. The number of amides is 2. The summed E-state index contributed by atoms with van der Waals surface area (Å²) in [5.74, 6) is -0.479. The first-order chi connectivity index (χ1) is 14.1. The fourth-order valence-electron chi connectivity index (χ4n) is 2.96. The lowest BCUT2D eigenvalue weighted by Gasteiger charge is -2.05. The van der Waals surface area contributed by atoms with Crippen molar-refractivity contribution >= 4 is 40.2 Å². The van der Waals surface area contributed by atoms with Crippen molar-refractivity contribution in [1.82, 2.24) is 15.0 Å². The standard InChI is InChI=1S/C21H17N5O3/c22-20(28)16(13-4-2-1-3-5-13)8-14-11-24-21-17(14)9-15(12-25-21)26-18(27)10-19-23-6-7-29-19/h1-9,11-12H,10H2,(H2,22,28)(H,24,25)(H,26,27). The zero-order valence-corrected chi connectivity index (χ0v) is 15.3. The van der Waals surface area contributed by atoms with E-state index in [2.05, 4.69) is 20.3 Å². The van der Waals surface area contributed by atoms with Crippen molar-refractivity contribution in [3.05, 3.63) is 78.3 Å². The number of nitrogens with one attached hydrogen (secondary N) is 2. The number of aromatic amines is 1. The molecule has 0 saturated heterocycles. The van der Waals surface area contributed by atoms with Crippen molar-refractivity contribution in [3.63, 3.8) is 0 Å². The van der Waals surface area contributed by atoms with Crippen LogP contribution < -0.4 is 11.1 Å². The third kappa shape index (κ3) is 4.06. The molecular weight excluding hydrogens is 370 g/mol. The number of benzene rings is 1. The SMILES string of the molecule is NC(=O)C(=Cc1c[nH]c2ncc(NC(=O)Cc3ncco3)cc12)c1ccccc1. The Morgan fingerprint density at radius 2 is 2.03 bits per heavy atom. The molecule has 0 unspecified atom stereocenters. The predicted octanol–water partition coefficient (Wildman–Crippen LogP) is 2.76. The minimum Gasteiger partial charge on any atom is -0.448 e. The molecule has 0 fully saturated rings. The average Bonchev–Trinajstić information content (AvgIpc) is 3.36. The van der Waals surface area contributed by atoms with Crippen LogP contribution in [0.15, 0.2) is 65.7 Å². The Labute approximate surface area is 165 Å². The number of hydrogen-bond donors (Lipinski definition) is 3. The van der Waals surface area contributed by atoms with Gasteiger partial charge >= 0.3 is 0 Å². The number of carbonyl (C=O) groups is 2. The number of rotatable bonds is 6. The minimum atomic E-state index is -0.533. The smallest absolute Gasteiger partial charge is 0.249 e. The van der Waals surface area contributed by atoms with E-state index in [0.717, 1.165) is 16.5 Å². The summed E-state index contributed by atoms with van der Waals surface area (Å²) >= 11 is 0. The van der Waals surface area contributed by atoms with Crippen LogP contribution in [0.1, 0.15) is 17.0 Å². The second kappa shape index (κ2) is 7.81. The molecule has 8 nitrogen and oxygen atoms in total. The van der Waals surface area contributed by atoms with Crippen molar-refractivity contribution < 1.29 is 14.0 Å². The molecular formula is C21H17N5O3. The maximum absolute atomic E-state index is 12.2. The molecule has 1 aromatic carbocycles. The van der Waals surface area contributed by atoms with Gasteiger partial charge in [-0.15, -0.1) is 0 Å². The molecule has 0 aliphatic rings. The number of nitrogens with two attached hydrogens (primary N) is 1. The van der Waals surface area contributed by atoms with E-state index < -0.39 is 5.91 Å². The van der Waals surface area contributed by atoms with Crippen LogP contribution in [-0.2, 0) is 16.0 Å². The monoisotopic (exact) mass is 387 g/mol. The second-order valence-corrected chi connectivity index (χ2v) is 6.30. The molecule has 2 amide bonds. The van der Waals surface area contributed by atoms with Crippen LogP contribution in [0.3, 0.4) is 0 Å². The summed E-state index contributed by atoms with van der Waals surface area (Å²) in [5, 5.41) is 3.51. The number of pyridine rings is 1. The van der Waals surface area contributed by atoms with Crippen LogP contribution >= 0.6 is 0 Å². The van der Waals surface area contributed by atoms with E-state index in [1.54, 1.807) is 24.5 Å². The molecule has 144 valence electrons. The molecule has 29 heavy (non-hydrogen) atoms. The van der Waals surface area contributed by atoms with E-state index in [1.165, 1.54) is 12.5 Å². The Morgan fingerprint density at radius 1 is 1.21 bits per heavy atom. The summed E-state index contributed by atoms with van der Waals surface area (Å²) < 4.78 is 5.08. The lowest BCUT2D eigenvalue weighted by molar-refractivity contribution is -0.116. The third-order valence-corrected chi connectivity index (χ3v) is 4.29. The number of hydrogen-bond acceptors (Lipinski definition) is 5. The van der Waals surface area contributed by atoms with Gasteiger partial charge in [0.1, 0.15) is 18.3 Å². The summed E-state index contributed by atoms with van der Waals surface area (Å²) in [6.45, 7) is 0. The van der Waals surface area contributed by atoms with Gasteiger partial charge in [-0.3, -0.25) is 9.59 Å². The molecule has 4 aromatic rings. The molecule has 0 aliphatic heterocycles. The number of oxazole rings is 1. The van der Waals surface area contributed by atoms with Gasteiger partial charge in [0.15, 0.2) is 0 Å². The topological polar surface area (TPSA) is 127 Å². The normalized spacial score (nSPS) is 11.5. The first-order valence-corrected chi connectivity index (χ1v) is 8.82. The lowest BCUT2D eigenvalue weighted by Crippen LogP contribution is -2.14. The molecule has 0 bridgehead atoms. The van der Waals surface area contributed by atoms with Gasteiger partial charge in [0.25, 0.3) is 0 Å². The Balaban J connectivity index is 1.64. The zero-order valence-electron chi connectivity index (χ0n) is 15.3. The molecule has 8 heteroatoms. The van der Waals surface area contributed by atoms with Crippen molar-refractivity contribution in [2.75, 3.05) is 5.32 Å². The van der Waals surface area contributed by atoms with Crippen LogP contribution in [0, 0.1) is 0 Å². The van der Waals surface area contributed by atoms with Crippen molar-refractivity contribution in [2.45, 2.75) is 6.42 Å². The highest BCUT2D eigenvalue weighted by Gasteiger charge is 2.12. The Bertz CT molecular complexity index is 1190. The molecule has 0 aliphatic carbocycles. The molecule has 3 aromatic heterocycles. The molecule has 0 saturated carbocycles. The number of primary amides is 1. The molecule has 3 heterocycles. The number of fused-ring (bicyclic) bond motifs is 1. The minimum absolute atomic E-state index is 0.0186. The van der Waals surface area contributed by atoms with E-state index in [4.69, 9.17) is 10.2 Å². The van der Waals surface area contributed by atoms with E-state index >= 15 is 0 Å². The van der Waals surface area contributed by atoms with Gasteiger partial charge in [-0.2, -0.15) is 0 Å². The van der Waals surface area contributed by atoms with Gasteiger partial charge in [0.05, 0.1) is 18.1 Å². The highest BCUT2D eigenvalue weighted by molar-refractivity contribution is 6.24. The van der Waals surface area contributed by atoms with E-state index in [9.17, 15) is 9.59 Å². The zero-order chi connectivity index (χ0) is 20.2. The molecule has 4 N–H and O–H groups in total. The summed E-state index contributed by atoms with van der Waals surface area (Å²) in [6.07, 6.45) is 7.91. The summed E-state index contributed by atoms with van der Waals surface area (Å²) in [7, 11) is 0. The second-order valence-electron chi connectivity index (χ2n) is 6.30. The van der Waals surface area contributed by atoms with Gasteiger partial charge in [-0.25, -0.2) is 9.97 Å². The van der Waals surface area contributed by atoms with E-state index in [0.29, 0.717) is 22.8 Å². The first kappa shape index (κ1) is 18.2. The van der Waals surface area contributed by atoms with Crippen molar-refractivity contribution in [2.24, 2.45) is 5.73 Å². The maximum atomic E-state index is 12.2. The van der Waals surface area contributed by atoms with Crippen LogP contribution in [0.4, 0.5) is 5.69 Å². The highest BCUT2D eigenvalue weighted by Crippen LogP contribution is 2.25. The Morgan fingerprint density at radius 3 is 2.76 bits per heavy atom. The van der Waals surface area contributed by atoms with Crippen molar-refractivity contribution in [3.8, 4) is 0 Å². The number of H-pyrrole nitrogens is 1. The third-order valence-electron chi connectivity index (χ3n) is 4.29. The Hall–Kier alpha value is -4.20. The van der Waals surface area contributed by atoms with Gasteiger partial charge in [-0.1, -0.05) is 30.3 Å². The van der Waals surface area contributed by atoms with Crippen LogP contribution in [-0.4, -0.2) is 26.8 Å². The van der Waals surface area contributed by atoms with Crippen LogP contribution in [0.25, 0.3) is 22.7 Å². The number of aromatic nitrogens is 3. The lowest BCUT2D eigenvalue weighted by atomic mass is 10.0. The quantitative estimate of drug-likeness (QED) is 0.438. The average molecular weight is 387 g/mol. The summed E-state index contributed by atoms with van der Waals surface area (Å²) in [5.41, 5.74) is 8.56. The molecule has 0 atom stereocenters. The van der Waals surface area contributed by atoms with Gasteiger partial charge in [-0.05, 0) is 17.7 Å². The summed E-state index contributed by atoms with van der Waals surface area (Å²) in [6, 6.07) is 11.0. The van der Waals surface area contributed by atoms with Gasteiger partial charge in [0, 0.05) is 22.7 Å². The summed E-state index contributed by atoms with van der Waals surface area (Å²) in [4.78, 5) is 35.5. The molecule has 4 rings (SSSR count). The number of nitrogens with zero attached hydrogens (tertiary/aromatic N) is 2. The van der Waals surface area contributed by atoms with Gasteiger partial charge in [0.2, 0.25) is 17.7 Å². The predicted molar refractivity (Wildman–Crippen MR) is 108 cm³/mol. The van der Waals surface area contributed by atoms with Crippen LogP contribution in [0.2, 0.25) is 0 Å². The first-order valence-electron chi connectivity index (χ1n) is 8.82. The highest BCUT2D eigenvalue weighted by atomic mass is 16.3. The molecule has 0 spiro atoms. The number of anilines is 1. The van der Waals surface area contributed by atoms with Crippen molar-refractivity contribution in [1.29, 1.82) is 0 Å². The Kier molecular flexibility index (Phi) is 4.90. The fraction of sp³-hybridized carbons (Fsp3) is 0.0476. The number of carbonyl (C=O) groups excluding carboxylic acids is 2. The van der Waals surface area contributed by atoms with E-state index in [1.807, 2.05) is 30.3 Å².